The minimum atomic E-state index is -2.32. The average molecular weight is 220 g/mol. The summed E-state index contributed by atoms with van der Waals surface area (Å²) in [5.74, 6) is 0. The number of alkyl halides is 2. The Morgan fingerprint density at radius 3 is 2.71 bits per heavy atom. The molecule has 0 radical (unpaired) electrons. The first-order valence-electron chi connectivity index (χ1n) is 4.36. The first kappa shape index (κ1) is 11.4. The maximum Gasteiger partial charge on any atom is 0.250 e. The highest BCUT2D eigenvalue weighted by molar-refractivity contribution is 6.30. The molecule has 0 amide bonds. The highest BCUT2D eigenvalue weighted by Crippen LogP contribution is 2.17. The van der Waals surface area contributed by atoms with Crippen LogP contribution in [0, 0.1) is 0 Å². The highest BCUT2D eigenvalue weighted by Gasteiger charge is 2.08. The molecule has 1 rings (SSSR count). The Labute approximate surface area is 87.1 Å². The predicted molar refractivity (Wildman–Crippen MR) is 53.9 cm³/mol. The number of nitrogens with one attached hydrogen (secondary N) is 1. The van der Waals surface area contributed by atoms with Gasteiger partial charge in [-0.15, -0.1) is 0 Å². The molecular formula is C10H12ClF2N. The summed E-state index contributed by atoms with van der Waals surface area (Å²) in [7, 11) is 0. The second kappa shape index (κ2) is 5.27. The molecule has 4 heteroatoms. The smallest absolute Gasteiger partial charge is 0.250 e. The van der Waals surface area contributed by atoms with E-state index in [0.717, 1.165) is 5.56 Å². The molecule has 0 saturated carbocycles. The summed E-state index contributed by atoms with van der Waals surface area (Å²) in [5, 5.41) is 3.34. The Morgan fingerprint density at radius 2 is 2.14 bits per heavy atom. The number of halogens is 3. The number of hydrogen-bond donors (Lipinski definition) is 1. The van der Waals surface area contributed by atoms with Gasteiger partial charge in [0.15, 0.2) is 0 Å². The molecule has 78 valence electrons. The summed E-state index contributed by atoms with van der Waals surface area (Å²) in [6.07, 6.45) is -2.32. The topological polar surface area (TPSA) is 12.0 Å². The van der Waals surface area contributed by atoms with Crippen molar-refractivity contribution in [2.45, 2.75) is 19.4 Å². The Kier molecular flexibility index (Phi) is 4.29. The highest BCUT2D eigenvalue weighted by atomic mass is 35.5. The van der Waals surface area contributed by atoms with Gasteiger partial charge < -0.3 is 5.32 Å². The minimum absolute atomic E-state index is 0.109. The summed E-state index contributed by atoms with van der Waals surface area (Å²) in [4.78, 5) is 0. The molecule has 1 aromatic carbocycles. The predicted octanol–water partition coefficient (Wildman–Crippen LogP) is 3.26. The standard InChI is InChI=1S/C10H12ClF2N/c1-7(14-6-10(12)13)8-3-2-4-9(11)5-8/h2-5,7,10,14H,6H2,1H3/t7-/m1/s1. The van der Waals surface area contributed by atoms with Crippen molar-refractivity contribution in [1.82, 2.24) is 5.32 Å². The van der Waals surface area contributed by atoms with Crippen LogP contribution in [0.5, 0.6) is 0 Å². The lowest BCUT2D eigenvalue weighted by Gasteiger charge is -2.13. The van der Waals surface area contributed by atoms with Gasteiger partial charge in [-0.2, -0.15) is 0 Å². The zero-order valence-electron chi connectivity index (χ0n) is 7.81. The molecule has 0 spiro atoms. The molecule has 0 saturated heterocycles. The summed E-state index contributed by atoms with van der Waals surface area (Å²) < 4.78 is 23.8. The largest absolute Gasteiger partial charge is 0.305 e. The van der Waals surface area contributed by atoms with Crippen LogP contribution in [0.3, 0.4) is 0 Å². The van der Waals surface area contributed by atoms with Crippen LogP contribution in [0.4, 0.5) is 8.78 Å². The molecule has 0 aliphatic rings. The quantitative estimate of drug-likeness (QED) is 0.820. The van der Waals surface area contributed by atoms with Gasteiger partial charge in [-0.25, -0.2) is 8.78 Å². The molecule has 0 aromatic heterocycles. The zero-order chi connectivity index (χ0) is 10.6. The number of benzene rings is 1. The Hall–Kier alpha value is -0.670. The third-order valence-corrected chi connectivity index (χ3v) is 2.16. The van der Waals surface area contributed by atoms with Gasteiger partial charge in [-0.1, -0.05) is 23.7 Å². The van der Waals surface area contributed by atoms with Gasteiger partial charge in [0.25, 0.3) is 6.43 Å². The van der Waals surface area contributed by atoms with Crippen molar-refractivity contribution in [3.05, 3.63) is 34.9 Å². The fourth-order valence-electron chi connectivity index (χ4n) is 1.16. The normalized spacial score (nSPS) is 13.2. The fourth-order valence-corrected chi connectivity index (χ4v) is 1.36. The lowest BCUT2D eigenvalue weighted by atomic mass is 10.1. The van der Waals surface area contributed by atoms with E-state index in [4.69, 9.17) is 11.6 Å². The zero-order valence-corrected chi connectivity index (χ0v) is 8.56. The van der Waals surface area contributed by atoms with Crippen LogP contribution >= 0.6 is 11.6 Å². The number of rotatable bonds is 4. The molecule has 1 aromatic rings. The Balaban J connectivity index is 2.56. The fraction of sp³-hybridized carbons (Fsp3) is 0.400. The third kappa shape index (κ3) is 3.60. The van der Waals surface area contributed by atoms with E-state index in [1.165, 1.54) is 0 Å². The summed E-state index contributed by atoms with van der Waals surface area (Å²) in [6.45, 7) is 1.53. The molecule has 0 fully saturated rings. The van der Waals surface area contributed by atoms with Crippen LogP contribution in [0.25, 0.3) is 0 Å². The van der Waals surface area contributed by atoms with Crippen LogP contribution in [0.15, 0.2) is 24.3 Å². The van der Waals surface area contributed by atoms with E-state index in [1.807, 2.05) is 13.0 Å². The molecule has 14 heavy (non-hydrogen) atoms. The maximum absolute atomic E-state index is 11.9. The summed E-state index contributed by atoms with van der Waals surface area (Å²) in [6, 6.07) is 7.07. The van der Waals surface area contributed by atoms with E-state index in [2.05, 4.69) is 5.32 Å². The summed E-state index contributed by atoms with van der Waals surface area (Å²) >= 11 is 5.78. The Morgan fingerprint density at radius 1 is 1.43 bits per heavy atom. The molecule has 0 aliphatic heterocycles. The van der Waals surface area contributed by atoms with Crippen LogP contribution < -0.4 is 5.32 Å². The van der Waals surface area contributed by atoms with Crippen molar-refractivity contribution >= 4 is 11.6 Å². The average Bonchev–Trinajstić information content (AvgIpc) is 2.14. The second-order valence-electron chi connectivity index (χ2n) is 3.08. The molecule has 1 nitrogen and oxygen atoms in total. The minimum Gasteiger partial charge on any atom is -0.305 e. The van der Waals surface area contributed by atoms with Gasteiger partial charge in [0, 0.05) is 11.1 Å². The van der Waals surface area contributed by atoms with Gasteiger partial charge in [-0.05, 0) is 24.6 Å². The van der Waals surface area contributed by atoms with E-state index in [9.17, 15) is 8.78 Å². The van der Waals surface area contributed by atoms with Crippen molar-refractivity contribution in [2.24, 2.45) is 0 Å². The van der Waals surface area contributed by atoms with Crippen LogP contribution in [-0.2, 0) is 0 Å². The van der Waals surface area contributed by atoms with Gasteiger partial charge >= 0.3 is 0 Å². The lowest BCUT2D eigenvalue weighted by Crippen LogP contribution is -2.24. The summed E-state index contributed by atoms with van der Waals surface area (Å²) in [5.41, 5.74) is 0.915. The van der Waals surface area contributed by atoms with Crippen LogP contribution in [0.2, 0.25) is 5.02 Å². The second-order valence-corrected chi connectivity index (χ2v) is 3.51. The van der Waals surface area contributed by atoms with Gasteiger partial charge in [0.2, 0.25) is 0 Å². The molecule has 1 atom stereocenters. The van der Waals surface area contributed by atoms with E-state index in [-0.39, 0.29) is 12.6 Å². The van der Waals surface area contributed by atoms with Gasteiger partial charge in [0.05, 0.1) is 6.54 Å². The monoisotopic (exact) mass is 219 g/mol. The molecule has 0 heterocycles. The molecule has 0 aliphatic carbocycles. The number of hydrogen-bond acceptors (Lipinski definition) is 1. The Bertz CT molecular complexity index is 291. The lowest BCUT2D eigenvalue weighted by molar-refractivity contribution is 0.142. The SMILES string of the molecule is C[C@@H](NCC(F)F)c1cccc(Cl)c1. The first-order valence-corrected chi connectivity index (χ1v) is 4.74. The van der Waals surface area contributed by atoms with E-state index in [0.29, 0.717) is 5.02 Å². The van der Waals surface area contributed by atoms with Gasteiger partial charge in [-0.3, -0.25) is 0 Å². The first-order chi connectivity index (χ1) is 6.59. The van der Waals surface area contributed by atoms with E-state index < -0.39 is 6.43 Å². The van der Waals surface area contributed by atoms with Crippen molar-refractivity contribution in [2.75, 3.05) is 6.54 Å². The van der Waals surface area contributed by atoms with Crippen molar-refractivity contribution in [1.29, 1.82) is 0 Å². The van der Waals surface area contributed by atoms with Gasteiger partial charge in [0.1, 0.15) is 0 Å². The molecule has 0 bridgehead atoms. The van der Waals surface area contributed by atoms with Crippen molar-refractivity contribution in [3.63, 3.8) is 0 Å². The van der Waals surface area contributed by atoms with Crippen molar-refractivity contribution < 1.29 is 8.78 Å². The third-order valence-electron chi connectivity index (χ3n) is 1.93. The molecule has 1 N–H and O–H groups in total. The van der Waals surface area contributed by atoms with Crippen LogP contribution in [-0.4, -0.2) is 13.0 Å². The van der Waals surface area contributed by atoms with Crippen molar-refractivity contribution in [3.8, 4) is 0 Å². The molecular weight excluding hydrogens is 208 g/mol. The van der Waals surface area contributed by atoms with Crippen LogP contribution in [0.1, 0.15) is 18.5 Å². The maximum atomic E-state index is 11.9. The molecule has 0 unspecified atom stereocenters. The van der Waals surface area contributed by atoms with E-state index in [1.54, 1.807) is 18.2 Å². The van der Waals surface area contributed by atoms with E-state index >= 15 is 0 Å².